The van der Waals surface area contributed by atoms with E-state index in [4.69, 9.17) is 14.8 Å². The molecule has 2 aliphatic rings. The number of rotatable bonds is 4. The van der Waals surface area contributed by atoms with Gasteiger partial charge < -0.3 is 14.5 Å². The van der Waals surface area contributed by atoms with Gasteiger partial charge in [-0.2, -0.15) is 5.10 Å². The number of amides is 1. The van der Waals surface area contributed by atoms with Crippen molar-refractivity contribution in [2.24, 2.45) is 0 Å². The van der Waals surface area contributed by atoms with Gasteiger partial charge in [-0.1, -0.05) is 12.1 Å². The van der Waals surface area contributed by atoms with Crippen LogP contribution in [0.2, 0.25) is 0 Å². The maximum atomic E-state index is 13.4. The first-order valence-corrected chi connectivity index (χ1v) is 13.1. The van der Waals surface area contributed by atoms with Crippen LogP contribution in [0.4, 0.5) is 5.82 Å². The van der Waals surface area contributed by atoms with Crippen LogP contribution in [0, 0.1) is 0 Å². The summed E-state index contributed by atoms with van der Waals surface area (Å²) >= 11 is 0. The Kier molecular flexibility index (Phi) is 5.71. The Labute approximate surface area is 204 Å². The monoisotopic (exact) mass is 494 g/mol. The van der Waals surface area contributed by atoms with Crippen LogP contribution in [-0.2, 0) is 15.7 Å². The normalized spacial score (nSPS) is 18.4. The number of fused-ring (bicyclic) bond motifs is 2. The van der Waals surface area contributed by atoms with Crippen LogP contribution in [0.3, 0.4) is 0 Å². The molecule has 0 spiro atoms. The van der Waals surface area contributed by atoms with Crippen LogP contribution >= 0.6 is 0 Å². The van der Waals surface area contributed by atoms with Gasteiger partial charge in [0.15, 0.2) is 11.6 Å². The van der Waals surface area contributed by atoms with Crippen molar-refractivity contribution in [3.05, 3.63) is 42.2 Å². The fourth-order valence-corrected chi connectivity index (χ4v) is 5.39. The molecule has 182 valence electrons. The van der Waals surface area contributed by atoms with Crippen LogP contribution in [-0.4, -0.2) is 103 Å². The summed E-state index contributed by atoms with van der Waals surface area (Å²) in [6, 6.07) is 7.77. The second-order valence-electron chi connectivity index (χ2n) is 8.70. The van der Waals surface area contributed by atoms with Crippen molar-refractivity contribution in [3.63, 3.8) is 0 Å². The zero-order chi connectivity index (χ0) is 23.9. The van der Waals surface area contributed by atoms with E-state index >= 15 is 0 Å². The summed E-state index contributed by atoms with van der Waals surface area (Å²) in [4.78, 5) is 22.3. The van der Waals surface area contributed by atoms with Crippen molar-refractivity contribution >= 4 is 39.1 Å². The Morgan fingerprint density at radius 1 is 1.11 bits per heavy atom. The minimum atomic E-state index is -1.02. The number of hydrogen-bond donors (Lipinski definition) is 1. The molecule has 1 atom stereocenters. The Morgan fingerprint density at radius 2 is 1.91 bits per heavy atom. The van der Waals surface area contributed by atoms with Gasteiger partial charge in [-0.3, -0.25) is 9.89 Å². The SMILES string of the molecule is CS(=O)N1CCN(C(=O)c2cc3c(N4CCOCC4)nc(-c4cccc5[nH]ncc45)nn3c2)CC1. The molecule has 3 aromatic heterocycles. The number of H-pyrrole nitrogens is 1. The van der Waals surface area contributed by atoms with Gasteiger partial charge in [0.25, 0.3) is 5.91 Å². The number of nitrogens with one attached hydrogen (secondary N) is 1. The Bertz CT molecular complexity index is 1420. The average molecular weight is 495 g/mol. The number of aromatic amines is 1. The van der Waals surface area contributed by atoms with E-state index in [1.165, 1.54) is 0 Å². The third-order valence-corrected chi connectivity index (χ3v) is 7.71. The van der Waals surface area contributed by atoms with Gasteiger partial charge in [0, 0.05) is 62.7 Å². The van der Waals surface area contributed by atoms with Gasteiger partial charge in [0.05, 0.1) is 41.5 Å². The molecule has 1 N–H and O–H groups in total. The highest BCUT2D eigenvalue weighted by Crippen LogP contribution is 2.29. The second-order valence-corrected chi connectivity index (χ2v) is 10.1. The molecule has 2 fully saturated rings. The van der Waals surface area contributed by atoms with Crippen LogP contribution in [0.1, 0.15) is 10.4 Å². The maximum absolute atomic E-state index is 13.4. The molecule has 1 unspecified atom stereocenters. The number of piperazine rings is 1. The third kappa shape index (κ3) is 4.07. The summed E-state index contributed by atoms with van der Waals surface area (Å²) in [6.45, 7) is 4.95. The molecule has 6 rings (SSSR count). The summed E-state index contributed by atoms with van der Waals surface area (Å²) in [5.74, 6) is 1.30. The number of nitrogens with zero attached hydrogens (tertiary/aromatic N) is 7. The molecular formula is C23H26N8O3S. The van der Waals surface area contributed by atoms with Gasteiger partial charge in [-0.05, 0) is 12.1 Å². The molecule has 12 heteroatoms. The lowest BCUT2D eigenvalue weighted by Crippen LogP contribution is -2.48. The van der Waals surface area contributed by atoms with E-state index in [-0.39, 0.29) is 5.91 Å². The molecule has 2 saturated heterocycles. The molecule has 0 radical (unpaired) electrons. The molecule has 11 nitrogen and oxygen atoms in total. The molecule has 2 aliphatic heterocycles. The van der Waals surface area contributed by atoms with Crippen molar-refractivity contribution in [2.75, 3.05) is 63.6 Å². The molecule has 35 heavy (non-hydrogen) atoms. The number of benzene rings is 1. The van der Waals surface area contributed by atoms with E-state index in [1.807, 2.05) is 33.5 Å². The topological polar surface area (TPSA) is 112 Å². The van der Waals surface area contributed by atoms with Gasteiger partial charge in [0.2, 0.25) is 0 Å². The fourth-order valence-electron chi connectivity index (χ4n) is 4.72. The summed E-state index contributed by atoms with van der Waals surface area (Å²) in [5.41, 5.74) is 3.14. The Hall–Kier alpha value is -3.35. The van der Waals surface area contributed by atoms with E-state index in [1.54, 1.807) is 23.2 Å². The van der Waals surface area contributed by atoms with E-state index in [0.29, 0.717) is 63.9 Å². The van der Waals surface area contributed by atoms with Crippen molar-refractivity contribution in [1.29, 1.82) is 0 Å². The number of hydrogen-bond acceptors (Lipinski definition) is 7. The number of carbonyl (C=O) groups excluding carboxylic acids is 1. The maximum Gasteiger partial charge on any atom is 0.255 e. The highest BCUT2D eigenvalue weighted by molar-refractivity contribution is 7.81. The number of anilines is 1. The first-order valence-electron chi connectivity index (χ1n) is 11.6. The Morgan fingerprint density at radius 3 is 2.69 bits per heavy atom. The number of carbonyl (C=O) groups is 1. The summed E-state index contributed by atoms with van der Waals surface area (Å²) in [6.07, 6.45) is 5.23. The van der Waals surface area contributed by atoms with Crippen molar-refractivity contribution in [1.82, 2.24) is 34.0 Å². The van der Waals surface area contributed by atoms with Crippen molar-refractivity contribution in [2.45, 2.75) is 0 Å². The number of ether oxygens (including phenoxy) is 1. The molecular weight excluding hydrogens is 468 g/mol. The zero-order valence-electron chi connectivity index (χ0n) is 19.4. The standard InChI is InChI=1S/C23H26N8O3S/c1-35(33)30-7-5-29(6-8-30)23(32)16-13-20-22(28-9-11-34-12-10-28)25-21(27-31(20)15-16)17-3-2-4-19-18(17)14-24-26-19/h2-4,13-15H,5-12H2,1H3,(H,24,26). The first-order chi connectivity index (χ1) is 17.1. The lowest BCUT2D eigenvalue weighted by atomic mass is 10.1. The highest BCUT2D eigenvalue weighted by Gasteiger charge is 2.26. The van der Waals surface area contributed by atoms with Gasteiger partial charge >= 0.3 is 0 Å². The third-order valence-electron chi connectivity index (χ3n) is 6.62. The minimum absolute atomic E-state index is 0.0524. The molecule has 4 aromatic rings. The quantitative estimate of drug-likeness (QED) is 0.453. The van der Waals surface area contributed by atoms with Crippen molar-refractivity contribution in [3.8, 4) is 11.4 Å². The first kappa shape index (κ1) is 22.1. The summed E-state index contributed by atoms with van der Waals surface area (Å²) in [7, 11) is -1.02. The van der Waals surface area contributed by atoms with E-state index < -0.39 is 11.0 Å². The van der Waals surface area contributed by atoms with Crippen LogP contribution < -0.4 is 4.90 Å². The van der Waals surface area contributed by atoms with Gasteiger partial charge in [-0.25, -0.2) is 18.0 Å². The average Bonchev–Trinajstić information content (AvgIpc) is 3.55. The predicted molar refractivity (Wildman–Crippen MR) is 133 cm³/mol. The van der Waals surface area contributed by atoms with Crippen LogP contribution in [0.25, 0.3) is 27.8 Å². The molecule has 1 aromatic carbocycles. The highest BCUT2D eigenvalue weighted by atomic mass is 32.2. The molecule has 1 amide bonds. The largest absolute Gasteiger partial charge is 0.378 e. The summed E-state index contributed by atoms with van der Waals surface area (Å²) in [5, 5.41) is 12.9. The van der Waals surface area contributed by atoms with Gasteiger partial charge in [0.1, 0.15) is 5.52 Å². The molecule has 0 bridgehead atoms. The lowest BCUT2D eigenvalue weighted by molar-refractivity contribution is 0.0701. The summed E-state index contributed by atoms with van der Waals surface area (Å²) < 4.78 is 21.0. The number of aromatic nitrogens is 5. The second kappa shape index (κ2) is 9.02. The predicted octanol–water partition coefficient (Wildman–Crippen LogP) is 1.16. The number of morpholine rings is 1. The lowest BCUT2D eigenvalue weighted by Gasteiger charge is -2.32. The van der Waals surface area contributed by atoms with Gasteiger partial charge in [-0.15, -0.1) is 5.10 Å². The van der Waals surface area contributed by atoms with Crippen molar-refractivity contribution < 1.29 is 13.7 Å². The minimum Gasteiger partial charge on any atom is -0.378 e. The van der Waals surface area contributed by atoms with E-state index in [0.717, 1.165) is 27.8 Å². The zero-order valence-corrected chi connectivity index (χ0v) is 20.2. The molecule has 0 aliphatic carbocycles. The molecule has 5 heterocycles. The van der Waals surface area contributed by atoms with E-state index in [9.17, 15) is 9.00 Å². The van der Waals surface area contributed by atoms with Crippen LogP contribution in [0.15, 0.2) is 36.7 Å². The van der Waals surface area contributed by atoms with Crippen LogP contribution in [0.5, 0.6) is 0 Å². The van der Waals surface area contributed by atoms with E-state index in [2.05, 4.69) is 15.1 Å². The Balaban J connectivity index is 1.41. The smallest absolute Gasteiger partial charge is 0.255 e. The fraction of sp³-hybridized carbons (Fsp3) is 0.391. The molecule has 0 saturated carbocycles.